The third kappa shape index (κ3) is 4.54. The minimum Gasteiger partial charge on any atom is -0.383 e. The van der Waals surface area contributed by atoms with E-state index in [9.17, 15) is 14.3 Å². The number of amides is 2. The number of carbonyl (C=O) groups is 1. The van der Waals surface area contributed by atoms with Crippen LogP contribution in [0.1, 0.15) is 17.4 Å². The molecular weight excluding hydrogens is 291 g/mol. The lowest BCUT2D eigenvalue weighted by atomic mass is 10.1. The van der Waals surface area contributed by atoms with Crippen molar-refractivity contribution in [2.24, 2.45) is 0 Å². The second-order valence-electron chi connectivity index (χ2n) is 4.91. The molecule has 1 aromatic heterocycles. The summed E-state index contributed by atoms with van der Waals surface area (Å²) in [6.45, 7) is 2.06. The number of hydrogen-bond acceptors (Lipinski definition) is 3. The maximum Gasteiger partial charge on any atom is 0.315 e. The molecular formula is C15H17FN2O2S. The van der Waals surface area contributed by atoms with Gasteiger partial charge in [-0.3, -0.25) is 0 Å². The summed E-state index contributed by atoms with van der Waals surface area (Å²) in [5, 5.41) is 17.4. The molecule has 1 aromatic carbocycles. The van der Waals surface area contributed by atoms with Gasteiger partial charge >= 0.3 is 6.03 Å². The molecule has 2 aromatic rings. The summed E-state index contributed by atoms with van der Waals surface area (Å²) in [6.07, 6.45) is 0. The minimum atomic E-state index is -1.10. The highest BCUT2D eigenvalue weighted by atomic mass is 32.1. The monoisotopic (exact) mass is 308 g/mol. The fourth-order valence-electron chi connectivity index (χ4n) is 1.77. The van der Waals surface area contributed by atoms with Crippen LogP contribution in [-0.4, -0.2) is 17.7 Å². The van der Waals surface area contributed by atoms with Gasteiger partial charge in [0.05, 0.1) is 6.54 Å². The summed E-state index contributed by atoms with van der Waals surface area (Å²) in [6, 6.07) is 9.20. The van der Waals surface area contributed by atoms with Gasteiger partial charge in [0.2, 0.25) is 0 Å². The quantitative estimate of drug-likeness (QED) is 0.795. The molecule has 21 heavy (non-hydrogen) atoms. The van der Waals surface area contributed by atoms with Crippen molar-refractivity contribution in [3.05, 3.63) is 58.0 Å². The van der Waals surface area contributed by atoms with Gasteiger partial charge in [0.25, 0.3) is 0 Å². The average Bonchev–Trinajstić information content (AvgIpc) is 3.00. The van der Waals surface area contributed by atoms with Crippen molar-refractivity contribution >= 4 is 17.4 Å². The standard InChI is InChI=1S/C15H17FN2O2S/c1-15(20,13-3-2-8-21-13)10-18-14(19)17-9-11-4-6-12(16)7-5-11/h2-8,20H,9-10H2,1H3,(H2,17,18,19). The van der Waals surface area contributed by atoms with Crippen molar-refractivity contribution in [2.45, 2.75) is 19.1 Å². The van der Waals surface area contributed by atoms with E-state index in [4.69, 9.17) is 0 Å². The molecule has 0 spiro atoms. The zero-order chi connectivity index (χ0) is 15.3. The Morgan fingerprint density at radius 3 is 2.62 bits per heavy atom. The van der Waals surface area contributed by atoms with E-state index < -0.39 is 5.60 Å². The number of aliphatic hydroxyl groups is 1. The highest BCUT2D eigenvalue weighted by Gasteiger charge is 2.24. The Bertz CT molecular complexity index is 582. The van der Waals surface area contributed by atoms with E-state index in [1.807, 2.05) is 17.5 Å². The Labute approximate surface area is 126 Å². The van der Waals surface area contributed by atoms with Crippen molar-refractivity contribution in [1.82, 2.24) is 10.6 Å². The van der Waals surface area contributed by atoms with Gasteiger partial charge in [-0.15, -0.1) is 11.3 Å². The minimum absolute atomic E-state index is 0.114. The fraction of sp³-hybridized carbons (Fsp3) is 0.267. The van der Waals surface area contributed by atoms with Crippen molar-refractivity contribution < 1.29 is 14.3 Å². The summed E-state index contributed by atoms with van der Waals surface area (Å²) in [7, 11) is 0. The van der Waals surface area contributed by atoms with Gasteiger partial charge in [0.15, 0.2) is 0 Å². The highest BCUT2D eigenvalue weighted by Crippen LogP contribution is 2.24. The van der Waals surface area contributed by atoms with Gasteiger partial charge < -0.3 is 15.7 Å². The molecule has 0 bridgehead atoms. The van der Waals surface area contributed by atoms with Gasteiger partial charge in [0.1, 0.15) is 11.4 Å². The molecule has 2 amide bonds. The summed E-state index contributed by atoms with van der Waals surface area (Å²) in [4.78, 5) is 12.5. The highest BCUT2D eigenvalue weighted by molar-refractivity contribution is 7.10. The smallest absolute Gasteiger partial charge is 0.315 e. The normalized spacial score (nSPS) is 13.5. The van der Waals surface area contributed by atoms with Crippen LogP contribution in [0, 0.1) is 5.82 Å². The first-order valence-corrected chi connectivity index (χ1v) is 7.38. The number of rotatable bonds is 5. The largest absolute Gasteiger partial charge is 0.383 e. The second-order valence-corrected chi connectivity index (χ2v) is 5.86. The first-order chi connectivity index (χ1) is 9.97. The van der Waals surface area contributed by atoms with Crippen molar-refractivity contribution in [3.63, 3.8) is 0 Å². The molecule has 0 aliphatic heterocycles. The number of halogens is 1. The Morgan fingerprint density at radius 1 is 1.29 bits per heavy atom. The molecule has 112 valence electrons. The molecule has 0 saturated heterocycles. The fourth-order valence-corrected chi connectivity index (χ4v) is 2.56. The molecule has 0 aliphatic carbocycles. The predicted molar refractivity (Wildman–Crippen MR) is 80.5 cm³/mol. The number of hydrogen-bond donors (Lipinski definition) is 3. The molecule has 0 radical (unpaired) electrons. The van der Waals surface area contributed by atoms with E-state index in [1.165, 1.54) is 23.5 Å². The summed E-state index contributed by atoms with van der Waals surface area (Å²) >= 11 is 1.44. The van der Waals surface area contributed by atoms with Crippen molar-refractivity contribution in [3.8, 4) is 0 Å². The number of benzene rings is 1. The van der Waals surface area contributed by atoms with E-state index in [1.54, 1.807) is 19.1 Å². The topological polar surface area (TPSA) is 61.4 Å². The van der Waals surface area contributed by atoms with Crippen LogP contribution in [0.3, 0.4) is 0 Å². The van der Waals surface area contributed by atoms with E-state index in [2.05, 4.69) is 10.6 Å². The molecule has 3 N–H and O–H groups in total. The van der Waals surface area contributed by atoms with Crippen LogP contribution in [-0.2, 0) is 12.1 Å². The zero-order valence-electron chi connectivity index (χ0n) is 11.6. The third-order valence-corrected chi connectivity index (χ3v) is 4.13. The summed E-state index contributed by atoms with van der Waals surface area (Å²) in [5.41, 5.74) is -0.293. The maximum atomic E-state index is 12.7. The second kappa shape index (κ2) is 6.69. The first-order valence-electron chi connectivity index (χ1n) is 6.50. The molecule has 0 fully saturated rings. The van der Waals surface area contributed by atoms with Crippen LogP contribution in [0.15, 0.2) is 41.8 Å². The molecule has 1 heterocycles. The van der Waals surface area contributed by atoms with Gasteiger partial charge in [-0.25, -0.2) is 9.18 Å². The van der Waals surface area contributed by atoms with E-state index in [0.717, 1.165) is 10.4 Å². The van der Waals surface area contributed by atoms with Crippen LogP contribution in [0.2, 0.25) is 0 Å². The van der Waals surface area contributed by atoms with Crippen molar-refractivity contribution in [2.75, 3.05) is 6.54 Å². The lowest BCUT2D eigenvalue weighted by Crippen LogP contribution is -2.42. The first kappa shape index (κ1) is 15.5. The molecule has 0 saturated carbocycles. The summed E-state index contributed by atoms with van der Waals surface area (Å²) < 4.78 is 12.7. The Hall–Kier alpha value is -1.92. The lowest BCUT2D eigenvalue weighted by Gasteiger charge is -2.22. The predicted octanol–water partition coefficient (Wildman–Crippen LogP) is 2.59. The van der Waals surface area contributed by atoms with Gasteiger partial charge in [0, 0.05) is 11.4 Å². The van der Waals surface area contributed by atoms with E-state index in [0.29, 0.717) is 6.54 Å². The van der Waals surface area contributed by atoms with Crippen LogP contribution >= 0.6 is 11.3 Å². The van der Waals surface area contributed by atoms with Crippen LogP contribution in [0.5, 0.6) is 0 Å². The van der Waals surface area contributed by atoms with E-state index >= 15 is 0 Å². The third-order valence-electron chi connectivity index (χ3n) is 3.01. The molecule has 4 nitrogen and oxygen atoms in total. The molecule has 0 aliphatic rings. The Kier molecular flexibility index (Phi) is 4.93. The van der Waals surface area contributed by atoms with Gasteiger partial charge in [-0.2, -0.15) is 0 Å². The van der Waals surface area contributed by atoms with Gasteiger partial charge in [-0.05, 0) is 36.1 Å². The molecule has 1 atom stereocenters. The summed E-state index contributed by atoms with van der Waals surface area (Å²) in [5.74, 6) is -0.310. The number of urea groups is 1. The van der Waals surface area contributed by atoms with Crippen LogP contribution in [0.25, 0.3) is 0 Å². The van der Waals surface area contributed by atoms with Crippen molar-refractivity contribution in [1.29, 1.82) is 0 Å². The zero-order valence-corrected chi connectivity index (χ0v) is 12.4. The van der Waals surface area contributed by atoms with Crippen LogP contribution in [0.4, 0.5) is 9.18 Å². The maximum absolute atomic E-state index is 12.7. The van der Waals surface area contributed by atoms with E-state index in [-0.39, 0.29) is 18.4 Å². The number of carbonyl (C=O) groups excluding carboxylic acids is 1. The average molecular weight is 308 g/mol. The van der Waals surface area contributed by atoms with Crippen LogP contribution < -0.4 is 10.6 Å². The molecule has 6 heteroatoms. The van der Waals surface area contributed by atoms with Gasteiger partial charge in [-0.1, -0.05) is 18.2 Å². The Balaban J connectivity index is 1.78. The Morgan fingerprint density at radius 2 is 2.00 bits per heavy atom. The molecule has 1 unspecified atom stereocenters. The molecule has 2 rings (SSSR count). The number of thiophene rings is 1. The SMILES string of the molecule is CC(O)(CNC(=O)NCc1ccc(F)cc1)c1cccs1. The number of nitrogens with one attached hydrogen (secondary N) is 2. The lowest BCUT2D eigenvalue weighted by molar-refractivity contribution is 0.0631.